The van der Waals surface area contributed by atoms with Crippen molar-refractivity contribution in [2.24, 2.45) is 5.92 Å². The van der Waals surface area contributed by atoms with Gasteiger partial charge in [0.1, 0.15) is 0 Å². The molecule has 1 aliphatic heterocycles. The van der Waals surface area contributed by atoms with Crippen molar-refractivity contribution in [1.29, 1.82) is 0 Å². The largest absolute Gasteiger partial charge is 0.338 e. The molecule has 1 atom stereocenters. The molecule has 1 amide bonds. The predicted octanol–water partition coefficient (Wildman–Crippen LogP) is 2.64. The monoisotopic (exact) mass is 296 g/mol. The topological polar surface area (TPSA) is 33.2 Å². The maximum absolute atomic E-state index is 12.2. The van der Waals surface area contributed by atoms with Crippen molar-refractivity contribution in [3.05, 3.63) is 29.6 Å². The van der Waals surface area contributed by atoms with Gasteiger partial charge in [0.05, 0.1) is 5.56 Å². The summed E-state index contributed by atoms with van der Waals surface area (Å²) in [7, 11) is 0. The maximum Gasteiger partial charge on any atom is 0.255 e. The summed E-state index contributed by atoms with van der Waals surface area (Å²) in [4.78, 5) is 18.3. The van der Waals surface area contributed by atoms with Crippen LogP contribution in [0.15, 0.2) is 18.3 Å². The lowest BCUT2D eigenvalue weighted by Gasteiger charge is -2.16. The Morgan fingerprint density at radius 3 is 3.06 bits per heavy atom. The lowest BCUT2D eigenvalue weighted by molar-refractivity contribution is 0.0786. The number of amides is 1. The second-order valence-electron chi connectivity index (χ2n) is 4.57. The second kappa shape index (κ2) is 5.63. The van der Waals surface area contributed by atoms with Crippen LogP contribution in [0.2, 0.25) is 0 Å². The fraction of sp³-hybridized carbons (Fsp3) is 0.538. The molecule has 2 heterocycles. The molecule has 0 aliphatic carbocycles. The van der Waals surface area contributed by atoms with Gasteiger partial charge in [-0.1, -0.05) is 15.9 Å². The van der Waals surface area contributed by atoms with Gasteiger partial charge >= 0.3 is 0 Å². The third kappa shape index (κ3) is 3.06. The van der Waals surface area contributed by atoms with Gasteiger partial charge in [0.2, 0.25) is 0 Å². The van der Waals surface area contributed by atoms with Gasteiger partial charge in [0.25, 0.3) is 5.91 Å². The number of aryl methyl sites for hydroxylation is 1. The lowest BCUT2D eigenvalue weighted by Crippen LogP contribution is -2.28. The van der Waals surface area contributed by atoms with Crippen LogP contribution in [0.5, 0.6) is 0 Å². The number of hydrogen-bond donors (Lipinski definition) is 0. The minimum absolute atomic E-state index is 0.120. The summed E-state index contributed by atoms with van der Waals surface area (Å²) in [5.41, 5.74) is 1.65. The molecule has 1 aliphatic rings. The van der Waals surface area contributed by atoms with Crippen LogP contribution in [0.4, 0.5) is 0 Å². The van der Waals surface area contributed by atoms with Crippen LogP contribution >= 0.6 is 15.9 Å². The molecular formula is C13H17BrN2O. The van der Waals surface area contributed by atoms with Gasteiger partial charge in [-0.3, -0.25) is 9.78 Å². The van der Waals surface area contributed by atoms with E-state index in [-0.39, 0.29) is 5.91 Å². The van der Waals surface area contributed by atoms with E-state index in [1.54, 1.807) is 6.20 Å². The molecule has 4 heteroatoms. The van der Waals surface area contributed by atoms with Crippen LogP contribution in [0.25, 0.3) is 0 Å². The average molecular weight is 297 g/mol. The standard InChI is InChI=1S/C13H17BrN2O/c1-10-2-3-12(8-15-10)13(17)16-7-5-11(9-16)4-6-14/h2-3,8,11H,4-7,9H2,1H3. The highest BCUT2D eigenvalue weighted by molar-refractivity contribution is 9.09. The molecule has 1 aromatic heterocycles. The summed E-state index contributed by atoms with van der Waals surface area (Å²) in [6.07, 6.45) is 3.95. The van der Waals surface area contributed by atoms with E-state index in [1.807, 2.05) is 24.0 Å². The Morgan fingerprint density at radius 1 is 1.59 bits per heavy atom. The quantitative estimate of drug-likeness (QED) is 0.804. The Bertz CT molecular complexity index is 391. The number of alkyl halides is 1. The molecule has 2 rings (SSSR count). The van der Waals surface area contributed by atoms with Crippen molar-refractivity contribution in [2.75, 3.05) is 18.4 Å². The number of carbonyl (C=O) groups is 1. The van der Waals surface area contributed by atoms with Crippen LogP contribution in [0.1, 0.15) is 28.9 Å². The highest BCUT2D eigenvalue weighted by atomic mass is 79.9. The zero-order valence-corrected chi connectivity index (χ0v) is 11.6. The highest BCUT2D eigenvalue weighted by Crippen LogP contribution is 2.21. The molecule has 0 aromatic carbocycles. The maximum atomic E-state index is 12.2. The van der Waals surface area contributed by atoms with Gasteiger partial charge in [-0.05, 0) is 37.8 Å². The molecule has 0 spiro atoms. The van der Waals surface area contributed by atoms with Gasteiger partial charge in [0, 0.05) is 30.3 Å². The first-order valence-corrected chi connectivity index (χ1v) is 7.10. The van der Waals surface area contributed by atoms with Crippen LogP contribution in [0.3, 0.4) is 0 Å². The molecule has 0 radical (unpaired) electrons. The van der Waals surface area contributed by atoms with Gasteiger partial charge in [-0.25, -0.2) is 0 Å². The number of carbonyl (C=O) groups excluding carboxylic acids is 1. The Morgan fingerprint density at radius 2 is 2.41 bits per heavy atom. The van der Waals surface area contributed by atoms with E-state index in [1.165, 1.54) is 0 Å². The van der Waals surface area contributed by atoms with Crippen molar-refractivity contribution >= 4 is 21.8 Å². The number of rotatable bonds is 3. The van der Waals surface area contributed by atoms with Crippen LogP contribution in [-0.4, -0.2) is 34.2 Å². The van der Waals surface area contributed by atoms with Crippen molar-refractivity contribution < 1.29 is 4.79 Å². The summed E-state index contributed by atoms with van der Waals surface area (Å²) >= 11 is 3.46. The summed E-state index contributed by atoms with van der Waals surface area (Å²) in [6.45, 7) is 3.69. The van der Waals surface area contributed by atoms with Crippen molar-refractivity contribution in [3.8, 4) is 0 Å². The summed E-state index contributed by atoms with van der Waals surface area (Å²) in [6, 6.07) is 3.75. The summed E-state index contributed by atoms with van der Waals surface area (Å²) < 4.78 is 0. The number of aromatic nitrogens is 1. The molecule has 1 unspecified atom stereocenters. The SMILES string of the molecule is Cc1ccc(C(=O)N2CCC(CCBr)C2)cn1. The van der Waals surface area contributed by atoms with E-state index in [9.17, 15) is 4.79 Å². The smallest absolute Gasteiger partial charge is 0.255 e. The number of hydrogen-bond acceptors (Lipinski definition) is 2. The van der Waals surface area contributed by atoms with Gasteiger partial charge < -0.3 is 4.90 Å². The fourth-order valence-corrected chi connectivity index (χ4v) is 2.83. The van der Waals surface area contributed by atoms with Crippen molar-refractivity contribution in [3.63, 3.8) is 0 Å². The molecule has 0 saturated carbocycles. The van der Waals surface area contributed by atoms with E-state index in [2.05, 4.69) is 20.9 Å². The summed E-state index contributed by atoms with van der Waals surface area (Å²) in [5, 5.41) is 1.02. The molecule has 0 bridgehead atoms. The molecule has 1 fully saturated rings. The van der Waals surface area contributed by atoms with E-state index in [0.717, 1.165) is 37.0 Å². The Balaban J connectivity index is 1.99. The van der Waals surface area contributed by atoms with Crippen molar-refractivity contribution in [1.82, 2.24) is 9.88 Å². The molecule has 3 nitrogen and oxygen atoms in total. The molecular weight excluding hydrogens is 280 g/mol. The zero-order valence-electron chi connectivity index (χ0n) is 10.0. The number of likely N-dealkylation sites (tertiary alicyclic amines) is 1. The average Bonchev–Trinajstić information content (AvgIpc) is 2.78. The highest BCUT2D eigenvalue weighted by Gasteiger charge is 2.26. The van der Waals surface area contributed by atoms with E-state index >= 15 is 0 Å². The van der Waals surface area contributed by atoms with Gasteiger partial charge in [-0.15, -0.1) is 0 Å². The fourth-order valence-electron chi connectivity index (χ4n) is 2.18. The van der Waals surface area contributed by atoms with Crippen LogP contribution in [-0.2, 0) is 0 Å². The third-order valence-electron chi connectivity index (χ3n) is 3.25. The Hall–Kier alpha value is -0.900. The molecule has 0 N–H and O–H groups in total. The van der Waals surface area contributed by atoms with E-state index in [0.29, 0.717) is 11.5 Å². The minimum Gasteiger partial charge on any atom is -0.338 e. The lowest BCUT2D eigenvalue weighted by atomic mass is 10.1. The molecule has 1 saturated heterocycles. The third-order valence-corrected chi connectivity index (χ3v) is 3.71. The normalized spacial score (nSPS) is 19.6. The number of pyridine rings is 1. The Labute approximate surface area is 110 Å². The van der Waals surface area contributed by atoms with Crippen LogP contribution in [0, 0.1) is 12.8 Å². The van der Waals surface area contributed by atoms with Crippen LogP contribution < -0.4 is 0 Å². The van der Waals surface area contributed by atoms with E-state index in [4.69, 9.17) is 0 Å². The molecule has 1 aromatic rings. The van der Waals surface area contributed by atoms with Gasteiger partial charge in [0.15, 0.2) is 0 Å². The predicted molar refractivity (Wildman–Crippen MR) is 71.4 cm³/mol. The Kier molecular flexibility index (Phi) is 4.15. The first-order valence-electron chi connectivity index (χ1n) is 5.98. The first kappa shape index (κ1) is 12.6. The zero-order chi connectivity index (χ0) is 12.3. The molecule has 17 heavy (non-hydrogen) atoms. The van der Waals surface area contributed by atoms with Crippen molar-refractivity contribution in [2.45, 2.75) is 19.8 Å². The number of nitrogens with zero attached hydrogens (tertiary/aromatic N) is 2. The second-order valence-corrected chi connectivity index (χ2v) is 5.36. The van der Waals surface area contributed by atoms with Gasteiger partial charge in [-0.2, -0.15) is 0 Å². The summed E-state index contributed by atoms with van der Waals surface area (Å²) in [5.74, 6) is 0.770. The number of halogens is 1. The molecule has 92 valence electrons. The minimum atomic E-state index is 0.120. The van der Waals surface area contributed by atoms with E-state index < -0.39 is 0 Å². The first-order chi connectivity index (χ1) is 8.20.